The third-order valence-corrected chi connectivity index (χ3v) is 3.79. The van der Waals surface area contributed by atoms with Crippen molar-refractivity contribution in [2.75, 3.05) is 0 Å². The summed E-state index contributed by atoms with van der Waals surface area (Å²) in [5, 5.41) is 12.9. The first-order valence-corrected chi connectivity index (χ1v) is 6.56. The van der Waals surface area contributed by atoms with Crippen LogP contribution >= 0.6 is 22.7 Å². The fraction of sp³-hybridized carbons (Fsp3) is 0.182. The fourth-order valence-electron chi connectivity index (χ4n) is 1.13. The summed E-state index contributed by atoms with van der Waals surface area (Å²) in [6.07, 6.45) is -0.755. The highest BCUT2D eigenvalue weighted by Gasteiger charge is 2.15. The van der Waals surface area contributed by atoms with Crippen molar-refractivity contribution < 1.29 is 9.53 Å². The maximum atomic E-state index is 11.6. The normalized spacial score (nSPS) is 11.8. The van der Waals surface area contributed by atoms with Crippen LogP contribution in [-0.2, 0) is 4.74 Å². The minimum Gasteiger partial charge on any atom is -0.443 e. The van der Waals surface area contributed by atoms with Gasteiger partial charge in [-0.25, -0.2) is 9.78 Å². The lowest BCUT2D eigenvalue weighted by Crippen LogP contribution is -2.13. The first-order valence-electron chi connectivity index (χ1n) is 4.80. The highest BCUT2D eigenvalue weighted by molar-refractivity contribution is 7.20. The van der Waals surface area contributed by atoms with Crippen molar-refractivity contribution in [3.8, 4) is 16.0 Å². The highest BCUT2D eigenvalue weighted by Crippen LogP contribution is 2.27. The van der Waals surface area contributed by atoms with Crippen molar-refractivity contribution in [3.63, 3.8) is 0 Å². The van der Waals surface area contributed by atoms with E-state index >= 15 is 0 Å². The van der Waals surface area contributed by atoms with E-state index < -0.39 is 12.1 Å². The van der Waals surface area contributed by atoms with Crippen molar-refractivity contribution >= 4 is 28.6 Å². The van der Waals surface area contributed by atoms with Crippen molar-refractivity contribution in [1.82, 2.24) is 4.98 Å². The smallest absolute Gasteiger partial charge is 0.359 e. The van der Waals surface area contributed by atoms with E-state index in [1.54, 1.807) is 16.7 Å². The molecule has 2 aromatic heterocycles. The maximum absolute atomic E-state index is 11.6. The molecule has 0 aliphatic rings. The molecule has 0 N–H and O–H groups in total. The highest BCUT2D eigenvalue weighted by atomic mass is 32.1. The zero-order chi connectivity index (χ0) is 12.3. The summed E-state index contributed by atoms with van der Waals surface area (Å²) in [5.74, 6) is -0.557. The van der Waals surface area contributed by atoms with Gasteiger partial charge < -0.3 is 4.74 Å². The van der Waals surface area contributed by atoms with Gasteiger partial charge in [-0.3, -0.25) is 0 Å². The van der Waals surface area contributed by atoms with Crippen LogP contribution in [0.1, 0.15) is 17.4 Å². The first kappa shape index (κ1) is 11.8. The zero-order valence-corrected chi connectivity index (χ0v) is 10.5. The monoisotopic (exact) mass is 264 g/mol. The van der Waals surface area contributed by atoms with Crippen LogP contribution in [0.2, 0.25) is 0 Å². The predicted molar refractivity (Wildman–Crippen MR) is 65.9 cm³/mol. The Kier molecular flexibility index (Phi) is 3.52. The first-order chi connectivity index (χ1) is 8.20. The van der Waals surface area contributed by atoms with Gasteiger partial charge in [0.05, 0.1) is 4.88 Å². The van der Waals surface area contributed by atoms with Gasteiger partial charge in [-0.2, -0.15) is 5.26 Å². The number of carbonyl (C=O) groups excluding carboxylic acids is 1. The maximum Gasteiger partial charge on any atom is 0.359 e. The molecule has 2 aromatic rings. The van der Waals surface area contributed by atoms with Crippen molar-refractivity contribution in [2.24, 2.45) is 0 Å². The molecule has 0 aliphatic heterocycles. The molecule has 0 aliphatic carbocycles. The molecule has 0 bridgehead atoms. The molecule has 0 spiro atoms. The van der Waals surface area contributed by atoms with Gasteiger partial charge in [0.2, 0.25) is 0 Å². The lowest BCUT2D eigenvalue weighted by molar-refractivity contribution is 0.0429. The summed E-state index contributed by atoms with van der Waals surface area (Å²) in [5.41, 5.74) is 0.250. The quantitative estimate of drug-likeness (QED) is 0.799. The van der Waals surface area contributed by atoms with Crippen LogP contribution in [0.15, 0.2) is 22.9 Å². The molecule has 0 saturated heterocycles. The van der Waals surface area contributed by atoms with Gasteiger partial charge in [-0.05, 0) is 18.4 Å². The predicted octanol–water partition coefficient (Wildman–Crippen LogP) is 2.94. The van der Waals surface area contributed by atoms with E-state index in [1.807, 2.05) is 23.6 Å². The van der Waals surface area contributed by atoms with Crippen LogP contribution in [-0.4, -0.2) is 17.1 Å². The van der Waals surface area contributed by atoms with E-state index in [-0.39, 0.29) is 5.69 Å². The third kappa shape index (κ3) is 2.70. The van der Waals surface area contributed by atoms with Crippen molar-refractivity contribution in [1.29, 1.82) is 5.26 Å². The minimum absolute atomic E-state index is 0.250. The molecule has 17 heavy (non-hydrogen) atoms. The van der Waals surface area contributed by atoms with Gasteiger partial charge in [0, 0.05) is 5.38 Å². The number of rotatable bonds is 3. The van der Waals surface area contributed by atoms with E-state index in [4.69, 9.17) is 10.00 Å². The van der Waals surface area contributed by atoms with Crippen molar-refractivity contribution in [2.45, 2.75) is 13.0 Å². The van der Waals surface area contributed by atoms with E-state index in [1.165, 1.54) is 18.3 Å². The molecule has 1 atom stereocenters. The molecule has 0 radical (unpaired) electrons. The van der Waals surface area contributed by atoms with Crippen LogP contribution < -0.4 is 0 Å². The second kappa shape index (κ2) is 5.08. The van der Waals surface area contributed by atoms with Crippen LogP contribution in [0.4, 0.5) is 0 Å². The number of nitriles is 1. The average Bonchev–Trinajstić information content (AvgIpc) is 2.98. The third-order valence-electron chi connectivity index (χ3n) is 1.91. The number of ether oxygens (including phenoxy) is 1. The molecule has 2 heterocycles. The second-order valence-corrected chi connectivity index (χ2v) is 5.00. The number of thiophene rings is 1. The Morgan fingerprint density at radius 2 is 2.41 bits per heavy atom. The Labute approximate surface area is 106 Å². The number of nitrogens with zero attached hydrogens (tertiary/aromatic N) is 2. The number of thiazole rings is 1. The van der Waals surface area contributed by atoms with Gasteiger partial charge in [-0.1, -0.05) is 6.07 Å². The molecule has 2 rings (SSSR count). The van der Waals surface area contributed by atoms with Crippen LogP contribution in [0.5, 0.6) is 0 Å². The topological polar surface area (TPSA) is 63.0 Å². The molecule has 0 aromatic carbocycles. The van der Waals surface area contributed by atoms with Crippen molar-refractivity contribution in [3.05, 3.63) is 28.6 Å². The molecular formula is C11H8N2O2S2. The fourth-order valence-corrected chi connectivity index (χ4v) is 2.73. The van der Waals surface area contributed by atoms with E-state index in [0.29, 0.717) is 0 Å². The minimum atomic E-state index is -0.755. The van der Waals surface area contributed by atoms with Crippen LogP contribution in [0, 0.1) is 11.3 Å². The zero-order valence-electron chi connectivity index (χ0n) is 8.91. The Morgan fingerprint density at radius 1 is 1.59 bits per heavy atom. The van der Waals surface area contributed by atoms with E-state index in [0.717, 1.165) is 9.88 Å². The Bertz CT molecular complexity index is 554. The lowest BCUT2D eigenvalue weighted by Gasteiger charge is -2.02. The number of carbonyl (C=O) groups is 1. The standard InChI is InChI=1S/C11H8N2O2S2/c1-7(5-12)15-11(14)8-6-17-10(13-8)9-3-2-4-16-9/h2-4,6-7H,1H3/t7-/m0/s1. The van der Waals surface area contributed by atoms with Crippen LogP contribution in [0.3, 0.4) is 0 Å². The number of hydrogen-bond acceptors (Lipinski definition) is 6. The summed E-state index contributed by atoms with van der Waals surface area (Å²) in [4.78, 5) is 16.8. The lowest BCUT2D eigenvalue weighted by atomic mass is 10.4. The van der Waals surface area contributed by atoms with Gasteiger partial charge in [0.15, 0.2) is 11.8 Å². The van der Waals surface area contributed by atoms with Gasteiger partial charge in [0.25, 0.3) is 0 Å². The number of esters is 1. The SMILES string of the molecule is C[C@@H](C#N)OC(=O)c1csc(-c2cccs2)n1. The summed E-state index contributed by atoms with van der Waals surface area (Å²) < 4.78 is 4.86. The molecule has 0 amide bonds. The summed E-state index contributed by atoms with van der Waals surface area (Å²) in [6, 6.07) is 5.70. The molecule has 0 fully saturated rings. The molecule has 6 heteroatoms. The number of hydrogen-bond donors (Lipinski definition) is 0. The largest absolute Gasteiger partial charge is 0.443 e. The summed E-state index contributed by atoms with van der Waals surface area (Å²) in [6.45, 7) is 1.52. The molecular weight excluding hydrogens is 256 g/mol. The second-order valence-electron chi connectivity index (χ2n) is 3.19. The Morgan fingerprint density at radius 3 is 3.06 bits per heavy atom. The van der Waals surface area contributed by atoms with E-state index in [9.17, 15) is 4.79 Å². The van der Waals surface area contributed by atoms with E-state index in [2.05, 4.69) is 4.98 Å². The van der Waals surface area contributed by atoms with Gasteiger partial charge in [-0.15, -0.1) is 22.7 Å². The Hall–Kier alpha value is -1.71. The number of aromatic nitrogens is 1. The summed E-state index contributed by atoms with van der Waals surface area (Å²) in [7, 11) is 0. The molecule has 4 nitrogen and oxygen atoms in total. The van der Waals surface area contributed by atoms with Gasteiger partial charge >= 0.3 is 5.97 Å². The summed E-state index contributed by atoms with van der Waals surface area (Å²) >= 11 is 2.95. The Balaban J connectivity index is 2.14. The molecule has 0 unspecified atom stereocenters. The molecule has 86 valence electrons. The average molecular weight is 264 g/mol. The van der Waals surface area contributed by atoms with Crippen LogP contribution in [0.25, 0.3) is 9.88 Å². The van der Waals surface area contributed by atoms with Gasteiger partial charge in [0.1, 0.15) is 11.1 Å². The molecule has 0 saturated carbocycles.